The molecule has 0 spiro atoms. The van der Waals surface area contributed by atoms with Crippen LogP contribution in [0.25, 0.3) is 6.08 Å². The normalized spacial score (nSPS) is 15.2. The van der Waals surface area contributed by atoms with Gasteiger partial charge >= 0.3 is 6.09 Å². The van der Waals surface area contributed by atoms with E-state index in [0.29, 0.717) is 32.5 Å². The monoisotopic (exact) mass is 452 g/mol. The molecule has 1 aliphatic rings. The van der Waals surface area contributed by atoms with Crippen LogP contribution in [0.3, 0.4) is 0 Å². The lowest BCUT2D eigenvalue weighted by molar-refractivity contribution is -0.117. The van der Waals surface area contributed by atoms with Crippen molar-refractivity contribution < 1.29 is 14.3 Å². The van der Waals surface area contributed by atoms with Crippen LogP contribution >= 0.6 is 0 Å². The van der Waals surface area contributed by atoms with Crippen molar-refractivity contribution in [1.29, 1.82) is 0 Å². The van der Waals surface area contributed by atoms with E-state index in [0.717, 1.165) is 17.0 Å². The number of nitrogens with one attached hydrogen (secondary N) is 1. The van der Waals surface area contributed by atoms with Gasteiger partial charge in [0.1, 0.15) is 5.60 Å². The Bertz CT molecular complexity index is 1010. The molecule has 0 aliphatic carbocycles. The number of rotatable bonds is 5. The second-order valence-corrected chi connectivity index (χ2v) is 9.81. The Hall–Kier alpha value is -3.09. The Morgan fingerprint density at radius 3 is 2.36 bits per heavy atom. The lowest BCUT2D eigenvalue weighted by Gasteiger charge is -2.33. The minimum absolute atomic E-state index is 0.0484. The number of ether oxygens (including phenoxy) is 1. The average Bonchev–Trinajstić information content (AvgIpc) is 3.00. The summed E-state index contributed by atoms with van der Waals surface area (Å²) in [6.45, 7) is 13.5. The van der Waals surface area contributed by atoms with Crippen molar-refractivity contribution in [3.63, 3.8) is 0 Å². The third-order valence-corrected chi connectivity index (χ3v) is 5.78. The lowest BCUT2D eigenvalue weighted by atomic mass is 10.1. The molecule has 1 saturated heterocycles. The van der Waals surface area contributed by atoms with Crippen LogP contribution in [-0.4, -0.2) is 51.4 Å². The molecule has 1 fully saturated rings. The highest BCUT2D eigenvalue weighted by Gasteiger charge is 2.27. The maximum absolute atomic E-state index is 12.5. The third-order valence-electron chi connectivity index (χ3n) is 5.78. The molecule has 2 aromatic rings. The molecule has 0 bridgehead atoms. The maximum atomic E-state index is 12.5. The van der Waals surface area contributed by atoms with E-state index in [1.165, 1.54) is 11.1 Å². The van der Waals surface area contributed by atoms with E-state index in [9.17, 15) is 9.59 Å². The number of aromatic nitrogens is 2. The van der Waals surface area contributed by atoms with Crippen LogP contribution in [0.1, 0.15) is 61.7 Å². The number of carbonyl (C=O) groups excluding carboxylic acids is 2. The van der Waals surface area contributed by atoms with E-state index in [1.54, 1.807) is 11.0 Å². The van der Waals surface area contributed by atoms with Gasteiger partial charge in [-0.15, -0.1) is 0 Å². The highest BCUT2D eigenvalue weighted by atomic mass is 16.6. The van der Waals surface area contributed by atoms with Crippen LogP contribution in [-0.2, 0) is 16.1 Å². The molecule has 3 rings (SSSR count). The highest BCUT2D eigenvalue weighted by molar-refractivity contribution is 5.92. The number of benzene rings is 1. The molecular weight excluding hydrogens is 416 g/mol. The van der Waals surface area contributed by atoms with Gasteiger partial charge in [0.15, 0.2) is 0 Å². The first-order valence-corrected chi connectivity index (χ1v) is 11.6. The highest BCUT2D eigenvalue weighted by Crippen LogP contribution is 2.18. The molecule has 1 aromatic carbocycles. The number of likely N-dealkylation sites (tertiary alicyclic amines) is 1. The summed E-state index contributed by atoms with van der Waals surface area (Å²) in [7, 11) is 0. The first-order chi connectivity index (χ1) is 15.5. The van der Waals surface area contributed by atoms with Crippen molar-refractivity contribution >= 4 is 18.1 Å². The first-order valence-electron chi connectivity index (χ1n) is 11.6. The molecule has 0 radical (unpaired) electrons. The average molecular weight is 453 g/mol. The van der Waals surface area contributed by atoms with Crippen molar-refractivity contribution in [2.75, 3.05) is 13.1 Å². The van der Waals surface area contributed by atoms with Gasteiger partial charge in [0.25, 0.3) is 0 Å². The molecule has 7 heteroatoms. The Kier molecular flexibility index (Phi) is 7.61. The van der Waals surface area contributed by atoms with Gasteiger partial charge in [-0.3, -0.25) is 9.48 Å². The number of hydrogen-bond donors (Lipinski definition) is 1. The van der Waals surface area contributed by atoms with Crippen molar-refractivity contribution in [3.8, 4) is 0 Å². The molecule has 1 N–H and O–H groups in total. The fourth-order valence-electron chi connectivity index (χ4n) is 3.91. The van der Waals surface area contributed by atoms with Crippen molar-refractivity contribution in [2.45, 2.75) is 72.6 Å². The van der Waals surface area contributed by atoms with Crippen molar-refractivity contribution in [1.82, 2.24) is 20.0 Å². The fraction of sp³-hybridized carbons (Fsp3) is 0.500. The van der Waals surface area contributed by atoms with Gasteiger partial charge in [-0.1, -0.05) is 29.8 Å². The van der Waals surface area contributed by atoms with Crippen molar-refractivity contribution in [3.05, 3.63) is 58.4 Å². The quantitative estimate of drug-likeness (QED) is 0.683. The fourth-order valence-corrected chi connectivity index (χ4v) is 3.91. The number of hydrogen-bond acceptors (Lipinski definition) is 4. The summed E-state index contributed by atoms with van der Waals surface area (Å²) in [6.07, 6.45) is 4.55. The number of carbonyl (C=O) groups is 2. The van der Waals surface area contributed by atoms with E-state index < -0.39 is 5.60 Å². The zero-order chi connectivity index (χ0) is 24.2. The second-order valence-electron chi connectivity index (χ2n) is 9.81. The zero-order valence-electron chi connectivity index (χ0n) is 20.6. The van der Waals surface area contributed by atoms with Gasteiger partial charge in [0, 0.05) is 36.5 Å². The molecule has 2 amide bonds. The molecule has 7 nitrogen and oxygen atoms in total. The summed E-state index contributed by atoms with van der Waals surface area (Å²) < 4.78 is 7.40. The zero-order valence-corrected chi connectivity index (χ0v) is 20.6. The summed E-state index contributed by atoms with van der Waals surface area (Å²) in [4.78, 5) is 26.4. The van der Waals surface area contributed by atoms with Gasteiger partial charge in [0.05, 0.1) is 12.2 Å². The molecule has 0 unspecified atom stereocenters. The Balaban J connectivity index is 1.53. The van der Waals surface area contributed by atoms with Gasteiger partial charge in [0.2, 0.25) is 5.91 Å². The number of piperidine rings is 1. The summed E-state index contributed by atoms with van der Waals surface area (Å²) in [5, 5.41) is 7.71. The molecule has 178 valence electrons. The van der Waals surface area contributed by atoms with Gasteiger partial charge in [-0.05, 0) is 66.0 Å². The van der Waals surface area contributed by atoms with Crippen LogP contribution in [0.15, 0.2) is 30.3 Å². The van der Waals surface area contributed by atoms with Crippen molar-refractivity contribution in [2.24, 2.45) is 0 Å². The molecular formula is C26H36N4O3. The maximum Gasteiger partial charge on any atom is 0.410 e. The number of aryl methyl sites for hydroxylation is 2. The summed E-state index contributed by atoms with van der Waals surface area (Å²) >= 11 is 0. The van der Waals surface area contributed by atoms with Crippen LogP contribution in [0.5, 0.6) is 0 Å². The second kappa shape index (κ2) is 10.2. The van der Waals surface area contributed by atoms with E-state index in [-0.39, 0.29) is 18.0 Å². The minimum atomic E-state index is -0.503. The Morgan fingerprint density at radius 1 is 1.12 bits per heavy atom. The van der Waals surface area contributed by atoms with Crippen LogP contribution in [0, 0.1) is 20.8 Å². The Morgan fingerprint density at radius 2 is 1.76 bits per heavy atom. The van der Waals surface area contributed by atoms with Gasteiger partial charge in [-0.25, -0.2) is 4.79 Å². The topological polar surface area (TPSA) is 76.5 Å². The van der Waals surface area contributed by atoms with E-state index in [2.05, 4.69) is 41.6 Å². The molecule has 0 saturated carbocycles. The summed E-state index contributed by atoms with van der Waals surface area (Å²) in [5.74, 6) is -0.129. The molecule has 33 heavy (non-hydrogen) atoms. The first kappa shape index (κ1) is 24.6. The molecule has 2 heterocycles. The molecule has 0 atom stereocenters. The standard InChI is InChI=1S/C26H36N4O3/c1-18-7-9-21(10-8-18)17-30-20(3)23(19(2)28-30)11-12-24(31)27-22-13-15-29(16-14-22)25(32)33-26(4,5)6/h7-12,22H,13-17H2,1-6H3,(H,27,31). The largest absolute Gasteiger partial charge is 0.444 e. The SMILES string of the molecule is Cc1ccc(Cn2nc(C)c(C=CC(=O)NC3CCN(C(=O)OC(C)(C)C)CC3)c2C)cc1. The van der Waals surface area contributed by atoms with Gasteiger partial charge < -0.3 is 15.0 Å². The lowest BCUT2D eigenvalue weighted by Crippen LogP contribution is -2.47. The third kappa shape index (κ3) is 6.94. The van der Waals surface area contributed by atoms with E-state index in [4.69, 9.17) is 4.74 Å². The predicted molar refractivity (Wildman–Crippen MR) is 130 cm³/mol. The smallest absolute Gasteiger partial charge is 0.410 e. The predicted octanol–water partition coefficient (Wildman–Crippen LogP) is 4.39. The summed E-state index contributed by atoms with van der Waals surface area (Å²) in [5.41, 5.74) is 4.82. The van der Waals surface area contributed by atoms with Crippen LogP contribution in [0.4, 0.5) is 4.79 Å². The van der Waals surface area contributed by atoms with E-state index in [1.807, 2.05) is 45.4 Å². The molecule has 1 aliphatic heterocycles. The minimum Gasteiger partial charge on any atom is -0.444 e. The molecule has 1 aromatic heterocycles. The number of amides is 2. The van der Waals surface area contributed by atoms with Gasteiger partial charge in [-0.2, -0.15) is 5.10 Å². The van der Waals surface area contributed by atoms with Crippen LogP contribution < -0.4 is 5.32 Å². The van der Waals surface area contributed by atoms with E-state index >= 15 is 0 Å². The Labute approximate surface area is 196 Å². The summed E-state index contributed by atoms with van der Waals surface area (Å²) in [6, 6.07) is 8.48. The number of nitrogens with zero attached hydrogens (tertiary/aromatic N) is 3. The van der Waals surface area contributed by atoms with Crippen LogP contribution in [0.2, 0.25) is 0 Å².